The lowest BCUT2D eigenvalue weighted by molar-refractivity contribution is -0.122. The van der Waals surface area contributed by atoms with Crippen molar-refractivity contribution in [1.82, 2.24) is 0 Å². The molecule has 0 aliphatic carbocycles. The van der Waals surface area contributed by atoms with Crippen LogP contribution in [0.4, 0.5) is 5.69 Å². The number of para-hydroxylation sites is 1. The quantitative estimate of drug-likeness (QED) is 0.568. The number of carbonyl (C=O) groups excluding carboxylic acids is 2. The highest BCUT2D eigenvalue weighted by molar-refractivity contribution is 7.99. The first-order valence-electron chi connectivity index (χ1n) is 9.22. The lowest BCUT2D eigenvalue weighted by Gasteiger charge is -2.37. The Hall–Kier alpha value is -2.66. The molecule has 3 aromatic rings. The van der Waals surface area contributed by atoms with Crippen molar-refractivity contribution in [2.75, 3.05) is 17.3 Å². The first-order chi connectivity index (χ1) is 14.8. The number of carbonyl (C=O) groups is 2. The minimum atomic E-state index is -3.90. The third kappa shape index (κ3) is 4.67. The largest absolute Gasteiger partial charge is 0.452 e. The van der Waals surface area contributed by atoms with Crippen LogP contribution < -0.4 is 10.0 Å². The number of sulfonamides is 1. The molecule has 10 heteroatoms. The summed E-state index contributed by atoms with van der Waals surface area (Å²) < 4.78 is 27.9. The number of thiophene rings is 1. The number of fused-ring (bicyclic) bond motifs is 1. The fraction of sp³-hybridized carbons (Fsp3) is 0.143. The van der Waals surface area contributed by atoms with Gasteiger partial charge in [-0.3, -0.25) is 9.69 Å². The molecule has 0 radical (unpaired) electrons. The average Bonchev–Trinajstić information content (AvgIpc) is 3.28. The number of nitrogens with zero attached hydrogens (tertiary/aromatic N) is 1. The Balaban J connectivity index is 1.55. The molecule has 1 aromatic heterocycles. The van der Waals surface area contributed by atoms with Crippen molar-refractivity contribution in [3.8, 4) is 0 Å². The predicted molar refractivity (Wildman–Crippen MR) is 120 cm³/mol. The van der Waals surface area contributed by atoms with Gasteiger partial charge in [0.05, 0.1) is 17.3 Å². The smallest absolute Gasteiger partial charge is 0.339 e. The molecule has 0 bridgehead atoms. The summed E-state index contributed by atoms with van der Waals surface area (Å²) in [6.07, 6.45) is 0. The molecule has 1 amide bonds. The number of benzene rings is 2. The van der Waals surface area contributed by atoms with E-state index in [9.17, 15) is 18.0 Å². The number of hydrogen-bond donors (Lipinski definition) is 1. The van der Waals surface area contributed by atoms with Gasteiger partial charge in [-0.25, -0.2) is 18.4 Å². The number of amides is 1. The van der Waals surface area contributed by atoms with Gasteiger partial charge in [-0.15, -0.1) is 23.1 Å². The third-order valence-corrected chi connectivity index (χ3v) is 8.23. The van der Waals surface area contributed by atoms with Crippen molar-refractivity contribution < 1.29 is 22.7 Å². The summed E-state index contributed by atoms with van der Waals surface area (Å²) in [6.45, 7) is -0.471. The maximum Gasteiger partial charge on any atom is 0.339 e. The molecule has 2 aromatic carbocycles. The molecule has 160 valence electrons. The van der Waals surface area contributed by atoms with E-state index in [1.54, 1.807) is 16.7 Å². The molecule has 1 atom stereocenters. The number of rotatable bonds is 5. The van der Waals surface area contributed by atoms with Gasteiger partial charge in [-0.1, -0.05) is 42.5 Å². The van der Waals surface area contributed by atoms with E-state index in [4.69, 9.17) is 9.88 Å². The van der Waals surface area contributed by atoms with Crippen LogP contribution in [0.2, 0.25) is 0 Å². The van der Waals surface area contributed by atoms with Crippen molar-refractivity contribution in [2.24, 2.45) is 5.14 Å². The minimum Gasteiger partial charge on any atom is -0.452 e. The Kier molecular flexibility index (Phi) is 6.15. The Morgan fingerprint density at radius 3 is 2.52 bits per heavy atom. The Bertz CT molecular complexity index is 1220. The zero-order valence-electron chi connectivity index (χ0n) is 16.1. The lowest BCUT2D eigenvalue weighted by atomic mass is 10.1. The third-order valence-electron chi connectivity index (χ3n) is 4.70. The first-order valence-corrected chi connectivity index (χ1v) is 12.6. The molecule has 1 unspecified atom stereocenters. The molecule has 7 nitrogen and oxygen atoms in total. The molecule has 0 fully saturated rings. The van der Waals surface area contributed by atoms with Gasteiger partial charge < -0.3 is 4.74 Å². The number of nitrogens with two attached hydrogens (primary N) is 1. The number of thioether (sulfide) groups is 1. The minimum absolute atomic E-state index is 0.0380. The van der Waals surface area contributed by atoms with Gasteiger partial charge in [0.2, 0.25) is 10.0 Å². The van der Waals surface area contributed by atoms with E-state index in [0.717, 1.165) is 33.5 Å². The van der Waals surface area contributed by atoms with Crippen molar-refractivity contribution in [1.29, 1.82) is 0 Å². The van der Waals surface area contributed by atoms with Crippen molar-refractivity contribution in [3.05, 3.63) is 77.2 Å². The second-order valence-electron chi connectivity index (χ2n) is 6.74. The van der Waals surface area contributed by atoms with Gasteiger partial charge in [-0.05, 0) is 23.8 Å². The molecule has 31 heavy (non-hydrogen) atoms. The zero-order valence-corrected chi connectivity index (χ0v) is 18.6. The van der Waals surface area contributed by atoms with Crippen LogP contribution in [0.3, 0.4) is 0 Å². The molecular weight excluding hydrogens is 456 g/mol. The first kappa shape index (κ1) is 21.6. The van der Waals surface area contributed by atoms with Crippen LogP contribution in [-0.2, 0) is 19.6 Å². The SMILES string of the molecule is NS(=O)(=O)c1cc(C(=O)OCC(=O)N2c3ccccc3SCC2c2ccccc2)cs1. The van der Waals surface area contributed by atoms with Gasteiger partial charge in [-0.2, -0.15) is 0 Å². The second-order valence-corrected chi connectivity index (χ2v) is 10.5. The topological polar surface area (TPSA) is 107 Å². The molecule has 1 aliphatic rings. The Labute approximate surface area is 187 Å². The fourth-order valence-corrected chi connectivity index (χ4v) is 6.01. The Morgan fingerprint density at radius 2 is 1.81 bits per heavy atom. The summed E-state index contributed by atoms with van der Waals surface area (Å²) in [4.78, 5) is 28.2. The average molecular weight is 475 g/mol. The predicted octanol–water partition coefficient (Wildman–Crippen LogP) is 3.43. The molecule has 0 spiro atoms. The van der Waals surface area contributed by atoms with Crippen molar-refractivity contribution in [3.63, 3.8) is 0 Å². The molecule has 0 saturated carbocycles. The van der Waals surface area contributed by atoms with Crippen LogP contribution in [0.1, 0.15) is 22.0 Å². The van der Waals surface area contributed by atoms with Crippen LogP contribution in [0.5, 0.6) is 0 Å². The fourth-order valence-electron chi connectivity index (χ4n) is 3.27. The van der Waals surface area contributed by atoms with E-state index in [2.05, 4.69) is 0 Å². The molecular formula is C21H18N2O5S3. The number of hydrogen-bond acceptors (Lipinski definition) is 7. The van der Waals surface area contributed by atoms with E-state index in [1.807, 2.05) is 54.6 Å². The van der Waals surface area contributed by atoms with Crippen molar-refractivity contribution >= 4 is 50.7 Å². The number of esters is 1. The summed E-state index contributed by atoms with van der Waals surface area (Å²) in [5.41, 5.74) is 1.79. The van der Waals surface area contributed by atoms with E-state index in [1.165, 1.54) is 5.38 Å². The monoisotopic (exact) mass is 474 g/mol. The van der Waals surface area contributed by atoms with Gasteiger partial charge >= 0.3 is 5.97 Å². The van der Waals surface area contributed by atoms with E-state index < -0.39 is 22.6 Å². The maximum absolute atomic E-state index is 13.2. The summed E-state index contributed by atoms with van der Waals surface area (Å²) in [5.74, 6) is -0.476. The molecule has 2 N–H and O–H groups in total. The molecule has 0 saturated heterocycles. The highest BCUT2D eigenvalue weighted by Gasteiger charge is 2.33. The normalized spacial score (nSPS) is 15.9. The van der Waals surface area contributed by atoms with Gasteiger partial charge in [0, 0.05) is 16.0 Å². The standard InChI is InChI=1S/C21H18N2O5S3/c22-31(26,27)20-10-15(12-30-20)21(25)28-11-19(24)23-16-8-4-5-9-18(16)29-13-17(23)14-6-2-1-3-7-14/h1-10,12,17H,11,13H2,(H2,22,26,27). The number of ether oxygens (including phenoxy) is 1. The second kappa shape index (κ2) is 8.83. The van der Waals surface area contributed by atoms with Gasteiger partial charge in [0.25, 0.3) is 5.91 Å². The summed E-state index contributed by atoms with van der Waals surface area (Å²) in [5, 5.41) is 6.41. The molecule has 2 heterocycles. The van der Waals surface area contributed by atoms with E-state index in [-0.39, 0.29) is 21.7 Å². The highest BCUT2D eigenvalue weighted by Crippen LogP contribution is 2.43. The van der Waals surface area contributed by atoms with Crippen LogP contribution in [0, 0.1) is 0 Å². The lowest BCUT2D eigenvalue weighted by Crippen LogP contribution is -2.41. The summed E-state index contributed by atoms with van der Waals surface area (Å²) in [7, 11) is -3.90. The van der Waals surface area contributed by atoms with Crippen molar-refractivity contribution in [2.45, 2.75) is 15.1 Å². The van der Waals surface area contributed by atoms with E-state index >= 15 is 0 Å². The molecule has 4 rings (SSSR count). The van der Waals surface area contributed by atoms with E-state index in [0.29, 0.717) is 5.75 Å². The zero-order chi connectivity index (χ0) is 22.0. The van der Waals surface area contributed by atoms with Gasteiger partial charge in [0.15, 0.2) is 6.61 Å². The highest BCUT2D eigenvalue weighted by atomic mass is 32.2. The Morgan fingerprint density at radius 1 is 1.10 bits per heavy atom. The van der Waals surface area contributed by atoms with Crippen LogP contribution in [0.25, 0.3) is 0 Å². The number of anilines is 1. The summed E-state index contributed by atoms with van der Waals surface area (Å²) >= 11 is 2.49. The van der Waals surface area contributed by atoms with Crippen LogP contribution in [-0.4, -0.2) is 32.7 Å². The maximum atomic E-state index is 13.2. The molecule has 1 aliphatic heterocycles. The van der Waals surface area contributed by atoms with Crippen LogP contribution in [0.15, 0.2) is 75.1 Å². The number of primary sulfonamides is 1. The van der Waals surface area contributed by atoms with Gasteiger partial charge in [0.1, 0.15) is 4.21 Å². The van der Waals surface area contributed by atoms with Crippen LogP contribution >= 0.6 is 23.1 Å². The summed E-state index contributed by atoms with van der Waals surface area (Å²) in [6, 6.07) is 18.2.